The minimum absolute atomic E-state index is 0.0310. The highest BCUT2D eigenvalue weighted by atomic mass is 31.2. The number of aliphatic hydroxyl groups excluding tert-OH is 20. The highest BCUT2D eigenvalue weighted by molar-refractivity contribution is 7.47. The van der Waals surface area contributed by atoms with Gasteiger partial charge in [0.2, 0.25) is 5.91 Å². The topological polar surface area (TPSA) is 707 Å². The lowest BCUT2D eigenvalue weighted by Crippen LogP contribution is -2.68. The van der Waals surface area contributed by atoms with Crippen molar-refractivity contribution >= 4 is 31.6 Å². The minimum atomic E-state index is -4.98. The Kier molecular flexibility index (Phi) is 47.0. The van der Waals surface area contributed by atoms with Crippen molar-refractivity contribution in [1.82, 2.24) is 5.32 Å². The first kappa shape index (κ1) is 108. The summed E-state index contributed by atoms with van der Waals surface area (Å²) in [6, 6.07) is 0. The van der Waals surface area contributed by atoms with E-state index in [9.17, 15) is 131 Å². The highest BCUT2D eigenvalue weighted by Gasteiger charge is 2.60. The van der Waals surface area contributed by atoms with Gasteiger partial charge in [-0.05, 0) is 25.2 Å². The molecule has 21 aliphatic rings. The van der Waals surface area contributed by atoms with Crippen LogP contribution in [0.15, 0.2) is 4.99 Å². The number of phosphoric acid groups is 1. The quantitative estimate of drug-likeness (QED) is 0.00886. The molecule has 0 saturated carbocycles. The van der Waals surface area contributed by atoms with Crippen molar-refractivity contribution in [2.45, 2.75) is 402 Å². The second-order valence-corrected chi connectivity index (χ2v) is 34.5. The van der Waals surface area contributed by atoms with E-state index in [1.165, 1.54) is 64.2 Å². The van der Waals surface area contributed by atoms with Gasteiger partial charge in [0, 0.05) is 25.8 Å². The smallest absolute Gasteiger partial charge is 0.472 e. The maximum Gasteiger partial charge on any atom is 0.472 e. The molecule has 14 bridgehead atoms. The standard InChI is InChI=1S/C79H139N2O44P/c1-3-5-7-9-11-13-15-17-19-21-23-25-50(90)108-38-40(111-51(91)26-24-22-20-18-16-14-12-10-8-6-4-2)39-110-126(106,107)109-30-29-80-48(88)27-28-49(89)81-31-41-66-52(92)59(99)73(112-41)120-67-42(32-82)114-75(61(101)54(67)94)122-69-44(34-84)116-77(63(103)56(69)96)124-71-46(36-86)118-79(65(105)58(71)98)125-72-47(37-87)117-78(64(104)57(72)97)123-70-45(35-85)115-76(62(102)55(70)95)121-68-43(33-83)113-74(119-66)60(100)53(68)93/h40-47,52-79,82-87,92-105H,3-39H2,1-2H3,(H,80,88)(H,81,89)(H,106,107)/p-1/t40-,41+,42+,43-,44+,45-,46+,47-,52-,53+,54-,55+,56-,57+,58-,59-,60+,61-,62+,63-,64+,65+,66-,67-,68-,69-,70-,71-,72-,73-,74-,75-,76-,77-,78-,79-/m0/s1. The third-order valence-corrected chi connectivity index (χ3v) is 24.4. The fourth-order valence-electron chi connectivity index (χ4n) is 16.1. The number of nitrogens with one attached hydrogen (secondary N) is 1. The van der Waals surface area contributed by atoms with Crippen LogP contribution in [0.3, 0.4) is 0 Å². The van der Waals surface area contributed by atoms with Gasteiger partial charge < -0.3 is 198 Å². The Morgan fingerprint density at radius 2 is 0.603 bits per heavy atom. The van der Waals surface area contributed by atoms with Crippen LogP contribution in [0.25, 0.3) is 0 Å². The van der Waals surface area contributed by atoms with Crippen LogP contribution < -0.4 is 10.4 Å². The van der Waals surface area contributed by atoms with Gasteiger partial charge in [-0.25, -0.2) is 4.57 Å². The van der Waals surface area contributed by atoms with Gasteiger partial charge in [-0.15, -0.1) is 0 Å². The molecule has 734 valence electrons. The van der Waals surface area contributed by atoms with E-state index in [1.807, 2.05) is 0 Å². The van der Waals surface area contributed by atoms with Crippen LogP contribution in [0, 0.1) is 0 Å². The summed E-state index contributed by atoms with van der Waals surface area (Å²) < 4.78 is 116. The first-order valence-electron chi connectivity index (χ1n) is 44.2. The van der Waals surface area contributed by atoms with Gasteiger partial charge in [0.15, 0.2) is 50.1 Å². The molecule has 0 aromatic carbocycles. The van der Waals surface area contributed by atoms with E-state index in [-0.39, 0.29) is 12.8 Å². The van der Waals surface area contributed by atoms with Crippen LogP contribution >= 0.6 is 7.82 Å². The zero-order valence-electron chi connectivity index (χ0n) is 71.1. The van der Waals surface area contributed by atoms with E-state index < -0.39 is 338 Å². The fourth-order valence-corrected chi connectivity index (χ4v) is 16.8. The molecule has 21 saturated heterocycles. The summed E-state index contributed by atoms with van der Waals surface area (Å²) in [4.78, 5) is 54.0. The number of carbonyl (C=O) groups excluding carboxylic acids is 3. The van der Waals surface area contributed by atoms with Crippen molar-refractivity contribution in [1.29, 1.82) is 0 Å². The molecule has 0 aromatic rings. The zero-order chi connectivity index (χ0) is 91.9. The number of aliphatic hydroxyl groups is 20. The van der Waals surface area contributed by atoms with E-state index in [1.54, 1.807) is 0 Å². The van der Waals surface area contributed by atoms with Crippen molar-refractivity contribution in [2.24, 2.45) is 4.99 Å². The summed E-state index contributed by atoms with van der Waals surface area (Å²) in [5.41, 5.74) is 0. The van der Waals surface area contributed by atoms with E-state index in [0.29, 0.717) is 12.8 Å². The summed E-state index contributed by atoms with van der Waals surface area (Å²) in [5, 5.41) is 242. The van der Waals surface area contributed by atoms with Crippen LogP contribution in [-0.4, -0.2) is 424 Å². The van der Waals surface area contributed by atoms with Gasteiger partial charge in [-0.3, -0.25) is 23.4 Å². The fraction of sp³-hybridized carbons (Fsp3) is 0.949. The number of amides is 1. The molecule has 0 radical (unpaired) electrons. The van der Waals surface area contributed by atoms with Crippen molar-refractivity contribution in [3.8, 4) is 0 Å². The Labute approximate surface area is 729 Å². The first-order chi connectivity index (χ1) is 60.4. The third kappa shape index (κ3) is 31.1. The number of hydrogen-bond donors (Lipinski definition) is 22. The molecule has 47 heteroatoms. The van der Waals surface area contributed by atoms with Crippen LogP contribution in [-0.2, 0) is 104 Å². The molecular formula is C79H138N2O44P-. The SMILES string of the molecule is CCCCCCCCCCCCCC(=O)OC[C@@H](COP(=O)(O)OCCN=C([O-])CCC(=O)NC[C@H]1O[C@H]2O[C@@H]3[C@@H](O)[C@H](O)[C@H](O[C@@H]4[C@@H](O)[C@H](O)[C@H](O[C@@H]5[C@@H](O)[C@@H](O)[C@H](O[C@@H]6[C@H](O)[C@@H](O)[C@H](O[C@@H]7[C@H](O)[C@@H](O)[C@H](O[C@@H]8[C@H](O)[C@@H](O)[C@H](O[C@@H]1[C@@H](O)[C@@H]2O)O[C@H]8CO)O[C@H]7CO)O[C@H]6CO)O[C@@H]5CO)O[C@@H]4CO)O[C@@H]3CO)OC(=O)CCCCCCCCCCCCC. The van der Waals surface area contributed by atoms with Crippen LogP contribution in [0.1, 0.15) is 181 Å². The summed E-state index contributed by atoms with van der Waals surface area (Å²) in [6.45, 7) is -5.69. The molecule has 126 heavy (non-hydrogen) atoms. The van der Waals surface area contributed by atoms with E-state index in [2.05, 4.69) is 24.2 Å². The van der Waals surface area contributed by atoms with Crippen molar-refractivity contribution in [3.05, 3.63) is 0 Å². The Bertz CT molecular complexity index is 3150. The zero-order valence-corrected chi connectivity index (χ0v) is 72.0. The number of hydrogen-bond acceptors (Lipinski definition) is 44. The Morgan fingerprint density at radius 3 is 0.889 bits per heavy atom. The largest absolute Gasteiger partial charge is 0.862 e. The lowest BCUT2D eigenvalue weighted by atomic mass is 9.95. The molecule has 21 fully saturated rings. The number of esters is 2. The Morgan fingerprint density at radius 1 is 0.341 bits per heavy atom. The van der Waals surface area contributed by atoms with Crippen molar-refractivity contribution in [3.63, 3.8) is 0 Å². The molecule has 46 nitrogen and oxygen atoms in total. The molecular weight excluding hydrogens is 1710 g/mol. The number of unbranched alkanes of at least 4 members (excludes halogenated alkanes) is 20. The molecule has 21 heterocycles. The molecule has 1 amide bonds. The maximum absolute atomic E-state index is 13.7. The number of rotatable bonds is 45. The van der Waals surface area contributed by atoms with Gasteiger partial charge >= 0.3 is 19.8 Å². The molecule has 21 aliphatic heterocycles. The predicted molar refractivity (Wildman–Crippen MR) is 421 cm³/mol. The summed E-state index contributed by atoms with van der Waals surface area (Å²) in [7, 11) is -4.98. The lowest BCUT2D eigenvalue weighted by molar-refractivity contribution is -0.396. The Hall–Kier alpha value is -3.37. The number of nitrogens with zero attached hydrogens (tertiary/aromatic N) is 1. The second-order valence-electron chi connectivity index (χ2n) is 33.0. The van der Waals surface area contributed by atoms with Crippen molar-refractivity contribution in [2.75, 3.05) is 72.6 Å². The normalized spacial score (nSPS) is 39.2. The summed E-state index contributed by atoms with van der Waals surface area (Å²) in [6.07, 6.45) is -53.2. The molecule has 0 spiro atoms. The molecule has 21 rings (SSSR count). The Balaban J connectivity index is 0.934. The van der Waals surface area contributed by atoms with Gasteiger partial charge in [0.05, 0.1) is 59.4 Å². The number of aliphatic imine (C=N–C) groups is 1. The van der Waals surface area contributed by atoms with Gasteiger partial charge in [0.1, 0.15) is 178 Å². The van der Waals surface area contributed by atoms with Crippen LogP contribution in [0.2, 0.25) is 0 Å². The number of phosphoric ester groups is 1. The maximum atomic E-state index is 13.7. The molecule has 0 aliphatic carbocycles. The number of carbonyl (C=O) groups is 3. The van der Waals surface area contributed by atoms with Crippen molar-refractivity contribution < 1.29 is 216 Å². The van der Waals surface area contributed by atoms with Gasteiger partial charge in [0.25, 0.3) is 0 Å². The van der Waals surface area contributed by atoms with Crippen LogP contribution in [0.4, 0.5) is 0 Å². The molecule has 1 unspecified atom stereocenters. The lowest BCUT2D eigenvalue weighted by Gasteiger charge is -2.50. The minimum Gasteiger partial charge on any atom is -0.862 e. The predicted octanol–water partition coefficient (Wildman–Crippen LogP) is -6.58. The average molecular weight is 1850 g/mol. The van der Waals surface area contributed by atoms with E-state index in [4.69, 9.17) is 84.8 Å². The monoisotopic (exact) mass is 1850 g/mol. The van der Waals surface area contributed by atoms with Crippen LogP contribution in [0.5, 0.6) is 0 Å². The summed E-state index contributed by atoms with van der Waals surface area (Å²) in [5.74, 6) is -3.12. The van der Waals surface area contributed by atoms with E-state index >= 15 is 0 Å². The molecule has 37 atom stereocenters. The van der Waals surface area contributed by atoms with Gasteiger partial charge in [-0.2, -0.15) is 0 Å². The average Bonchev–Trinajstić information content (AvgIpc) is 0.784. The molecule has 22 N–H and O–H groups in total. The first-order valence-corrected chi connectivity index (χ1v) is 45.7. The third-order valence-electron chi connectivity index (χ3n) is 23.4. The highest BCUT2D eigenvalue weighted by Crippen LogP contribution is 2.44. The number of ether oxygens (including phenoxy) is 16. The molecule has 0 aromatic heterocycles. The van der Waals surface area contributed by atoms with E-state index in [0.717, 1.165) is 64.2 Å². The second kappa shape index (κ2) is 54.9. The van der Waals surface area contributed by atoms with Gasteiger partial charge in [-0.1, -0.05) is 142 Å². The summed E-state index contributed by atoms with van der Waals surface area (Å²) >= 11 is 0.